The second kappa shape index (κ2) is 23.2. The normalized spacial score (nSPS) is 14.1. The van der Waals surface area contributed by atoms with Crippen LogP contribution in [0.3, 0.4) is 0 Å². The molecule has 7 heteroatoms. The summed E-state index contributed by atoms with van der Waals surface area (Å²) in [7, 11) is 0. The zero-order valence-electron chi connectivity index (χ0n) is 56.4. The number of benzene rings is 15. The summed E-state index contributed by atoms with van der Waals surface area (Å²) in [6, 6.07) is 122. The molecule has 0 amide bonds. The van der Waals surface area contributed by atoms with Crippen LogP contribution < -0.4 is 0 Å². The monoisotopic (exact) mass is 1330 g/mol. The minimum Gasteiger partial charge on any atom is -0.456 e. The lowest BCUT2D eigenvalue weighted by molar-refractivity contribution is 0.639. The number of hydrogen-bond donors (Lipinski definition) is 0. The molecule has 1 unspecified atom stereocenters. The van der Waals surface area contributed by atoms with Gasteiger partial charge in [0.2, 0.25) is 0 Å². The van der Waals surface area contributed by atoms with Crippen molar-refractivity contribution in [2.24, 2.45) is 0 Å². The van der Waals surface area contributed by atoms with E-state index >= 15 is 0 Å². The first kappa shape index (κ1) is 59.3. The van der Waals surface area contributed by atoms with Gasteiger partial charge in [0.15, 0.2) is 11.6 Å². The van der Waals surface area contributed by atoms with Gasteiger partial charge in [-0.3, -0.25) is 0 Å². The lowest BCUT2D eigenvalue weighted by Gasteiger charge is -2.33. The lowest BCUT2D eigenvalue weighted by atomic mass is 9.67. The highest BCUT2D eigenvalue weighted by molar-refractivity contribution is 6.16. The van der Waals surface area contributed by atoms with Crippen molar-refractivity contribution in [3.63, 3.8) is 0 Å². The fourth-order valence-electron chi connectivity index (χ4n) is 17.2. The van der Waals surface area contributed by atoms with Crippen LogP contribution in [-0.2, 0) is 10.8 Å². The highest BCUT2D eigenvalue weighted by Gasteiger charge is 2.49. The van der Waals surface area contributed by atoms with E-state index in [1.165, 1.54) is 61.2 Å². The smallest absolute Gasteiger partial charge is 0.160 e. The Labute approximate surface area is 598 Å². The minimum atomic E-state index is -0.560. The highest BCUT2D eigenvalue weighted by atomic mass is 16.3. The first-order valence-electron chi connectivity index (χ1n) is 35.4. The fraction of sp³-hybridized carbons (Fsp3) is 0.0309. The van der Waals surface area contributed by atoms with Crippen molar-refractivity contribution in [3.8, 4) is 78.7 Å². The SMILES string of the molecule is CC1(c2ccccc2)c2ccccc2-c2ccc3c(oc4ccc(-c5nc(-c6cccc7oc8ccccc8c67)c6ccccc6n5)cc43)c21.c1ccc(-c2ccc3nc(-c4ccc5oc6c7c(ccc6c5c4)-c4ccccc4C7(c4ccccc4)c4ccccc4)nc(-c4ccccc4)c3c2)cc1. The molecule has 0 saturated heterocycles. The van der Waals surface area contributed by atoms with E-state index in [9.17, 15) is 0 Å². The maximum atomic E-state index is 6.99. The van der Waals surface area contributed by atoms with Gasteiger partial charge in [0, 0.05) is 81.9 Å². The van der Waals surface area contributed by atoms with Crippen molar-refractivity contribution in [1.29, 1.82) is 0 Å². The molecule has 0 saturated carbocycles. The molecule has 20 aromatic rings. The summed E-state index contributed by atoms with van der Waals surface area (Å²) >= 11 is 0. The molecule has 22 rings (SSSR count). The number of para-hydroxylation sites is 2. The largest absolute Gasteiger partial charge is 0.456 e. The molecule has 0 aliphatic heterocycles. The Balaban J connectivity index is 0.000000135. The van der Waals surface area contributed by atoms with Crippen molar-refractivity contribution in [2.45, 2.75) is 17.8 Å². The fourth-order valence-corrected chi connectivity index (χ4v) is 17.2. The molecule has 5 heterocycles. The summed E-state index contributed by atoms with van der Waals surface area (Å²) < 4.78 is 20.1. The number of hydrogen-bond acceptors (Lipinski definition) is 7. The predicted octanol–water partition coefficient (Wildman–Crippen LogP) is 25.0. The van der Waals surface area contributed by atoms with Gasteiger partial charge in [-0.25, -0.2) is 19.9 Å². The van der Waals surface area contributed by atoms with Crippen LogP contribution in [0, 0.1) is 0 Å². The maximum absolute atomic E-state index is 6.99. The molecule has 486 valence electrons. The molecule has 2 aliphatic carbocycles. The van der Waals surface area contributed by atoms with Crippen LogP contribution in [0.15, 0.2) is 359 Å². The molecule has 1 atom stereocenters. The van der Waals surface area contributed by atoms with Gasteiger partial charge in [-0.15, -0.1) is 0 Å². The Hall–Kier alpha value is -13.6. The Morgan fingerprint density at radius 2 is 0.712 bits per heavy atom. The molecular formula is C97H60N4O3. The summed E-state index contributed by atoms with van der Waals surface area (Å²) in [6.07, 6.45) is 0. The second-order valence-corrected chi connectivity index (χ2v) is 27.5. The van der Waals surface area contributed by atoms with Crippen LogP contribution in [0.5, 0.6) is 0 Å². The van der Waals surface area contributed by atoms with Gasteiger partial charge in [0.1, 0.15) is 33.5 Å². The van der Waals surface area contributed by atoms with E-state index < -0.39 is 5.41 Å². The van der Waals surface area contributed by atoms with Crippen molar-refractivity contribution in [3.05, 3.63) is 385 Å². The first-order valence-corrected chi connectivity index (χ1v) is 35.4. The van der Waals surface area contributed by atoms with Crippen LogP contribution >= 0.6 is 0 Å². The van der Waals surface area contributed by atoms with E-state index in [1.807, 2.05) is 48.5 Å². The minimum absolute atomic E-state index is 0.363. The molecule has 104 heavy (non-hydrogen) atoms. The first-order chi connectivity index (χ1) is 51.4. The molecule has 2 aliphatic rings. The molecule has 0 spiro atoms. The summed E-state index contributed by atoms with van der Waals surface area (Å²) in [6.45, 7) is 2.33. The van der Waals surface area contributed by atoms with E-state index in [0.717, 1.165) is 132 Å². The van der Waals surface area contributed by atoms with Gasteiger partial charge in [0.25, 0.3) is 0 Å². The average Bonchev–Trinajstić information content (AvgIpc) is 1.55. The molecule has 0 bridgehead atoms. The quantitative estimate of drug-likeness (QED) is 0.150. The molecule has 0 N–H and O–H groups in total. The van der Waals surface area contributed by atoms with Crippen molar-refractivity contribution in [1.82, 2.24) is 19.9 Å². The molecule has 0 radical (unpaired) electrons. The molecule has 5 aromatic heterocycles. The zero-order valence-corrected chi connectivity index (χ0v) is 56.4. The Kier molecular flexibility index (Phi) is 13.2. The van der Waals surface area contributed by atoms with E-state index in [-0.39, 0.29) is 5.41 Å². The van der Waals surface area contributed by atoms with Gasteiger partial charge in [-0.1, -0.05) is 267 Å². The third-order valence-corrected chi connectivity index (χ3v) is 21.9. The number of rotatable bonds is 8. The molecule has 0 fully saturated rings. The number of furan rings is 3. The number of aromatic nitrogens is 4. The van der Waals surface area contributed by atoms with Crippen LogP contribution in [0.4, 0.5) is 0 Å². The number of nitrogens with zero attached hydrogens (tertiary/aromatic N) is 4. The molecule has 7 nitrogen and oxygen atoms in total. The molecule has 15 aromatic carbocycles. The van der Waals surface area contributed by atoms with Crippen molar-refractivity contribution in [2.75, 3.05) is 0 Å². The Morgan fingerprint density at radius 1 is 0.250 bits per heavy atom. The Morgan fingerprint density at radius 3 is 1.37 bits per heavy atom. The van der Waals surface area contributed by atoms with Crippen LogP contribution in [0.1, 0.15) is 45.9 Å². The third-order valence-electron chi connectivity index (χ3n) is 21.9. The maximum Gasteiger partial charge on any atom is 0.160 e. The standard InChI is InChI=1S/C51H32N2O.C46H28N2O2/c1-5-15-33(16-6-1)35-25-29-45-43(31-35)48(34-17-7-2-8-18-34)53-50(52-45)36-26-30-46-42(32-36)41-28-27-40-39-23-13-14-24-44(39)51(47(40)49(41)54-46,37-19-9-3-10-20-37)38-21-11-4-12-22-38;1-46(28-12-3-2-4-13-28)36-18-8-5-14-29(36)30-23-24-31-35-26-27(22-25-39(35)50-44(31)42(30)46)45-47-37-19-9-6-15-32(37)43(48-45)34-17-11-21-40-41(34)33-16-7-10-20-38(33)49-40/h1-32H;2-26H,1H3. The van der Waals surface area contributed by atoms with Crippen LogP contribution in [-0.4, -0.2) is 19.9 Å². The molecular weight excluding hydrogens is 1270 g/mol. The summed E-state index contributed by atoms with van der Waals surface area (Å²) in [5.41, 5.74) is 27.7. The van der Waals surface area contributed by atoms with Crippen molar-refractivity contribution >= 4 is 87.6 Å². The average molecular weight is 1330 g/mol. The van der Waals surface area contributed by atoms with E-state index in [4.69, 9.17) is 33.2 Å². The van der Waals surface area contributed by atoms with Gasteiger partial charge in [-0.05, 0) is 147 Å². The van der Waals surface area contributed by atoms with Crippen LogP contribution in [0.2, 0.25) is 0 Å². The van der Waals surface area contributed by atoms with E-state index in [2.05, 4.69) is 304 Å². The van der Waals surface area contributed by atoms with E-state index in [1.54, 1.807) is 0 Å². The highest BCUT2D eigenvalue weighted by Crippen LogP contribution is 2.60. The van der Waals surface area contributed by atoms with Crippen molar-refractivity contribution < 1.29 is 13.3 Å². The lowest BCUT2D eigenvalue weighted by Crippen LogP contribution is -2.28. The summed E-state index contributed by atoms with van der Waals surface area (Å²) in [5.74, 6) is 1.35. The Bertz CT molecular complexity index is 6820. The van der Waals surface area contributed by atoms with Gasteiger partial charge in [-0.2, -0.15) is 0 Å². The number of fused-ring (bicyclic) bond motifs is 19. The predicted molar refractivity (Wildman–Crippen MR) is 423 cm³/mol. The van der Waals surface area contributed by atoms with Gasteiger partial charge < -0.3 is 13.3 Å². The third kappa shape index (κ3) is 8.90. The van der Waals surface area contributed by atoms with E-state index in [0.29, 0.717) is 11.6 Å². The second-order valence-electron chi connectivity index (χ2n) is 27.5. The summed E-state index contributed by atoms with van der Waals surface area (Å²) in [4.78, 5) is 20.9. The zero-order chi connectivity index (χ0) is 68.6. The topological polar surface area (TPSA) is 91.0 Å². The summed E-state index contributed by atoms with van der Waals surface area (Å²) in [5, 5.41) is 8.41. The van der Waals surface area contributed by atoms with Gasteiger partial charge >= 0.3 is 0 Å². The van der Waals surface area contributed by atoms with Crippen LogP contribution in [0.25, 0.3) is 166 Å². The van der Waals surface area contributed by atoms with Gasteiger partial charge in [0.05, 0.1) is 27.8 Å².